The summed E-state index contributed by atoms with van der Waals surface area (Å²) < 4.78 is 0. The van der Waals surface area contributed by atoms with Crippen molar-refractivity contribution in [2.75, 3.05) is 52.4 Å². The van der Waals surface area contributed by atoms with Crippen LogP contribution in [0.1, 0.15) is 33.1 Å². The monoisotopic (exact) mass is 272 g/mol. The number of rotatable bonds is 5. The molecule has 2 fully saturated rings. The smallest absolute Gasteiger partial charge is 0.127 e. The van der Waals surface area contributed by atoms with E-state index >= 15 is 0 Å². The van der Waals surface area contributed by atoms with Gasteiger partial charge < -0.3 is 19.8 Å². The number of aliphatic hydroxyl groups excluding tert-OH is 1. The van der Waals surface area contributed by atoms with Crippen LogP contribution in [0, 0.1) is 0 Å². The van der Waals surface area contributed by atoms with Crippen LogP contribution in [0.2, 0.25) is 0 Å². The average molecular weight is 272 g/mol. The molecule has 0 bridgehead atoms. The van der Waals surface area contributed by atoms with Crippen molar-refractivity contribution in [2.24, 2.45) is 0 Å². The standard InChI is InChI=1S/C15H31N3O/c1-3-14(2)17-6-4-15(5-7-17)18-10-8-16(9-11-18)12-13-19/h14-15,19H,3-13H2,1-2H3/p+3/t14-/m0/s1. The Labute approximate surface area is 118 Å². The van der Waals surface area contributed by atoms with E-state index in [0.29, 0.717) is 6.61 Å². The van der Waals surface area contributed by atoms with Gasteiger partial charge in [-0.2, -0.15) is 0 Å². The van der Waals surface area contributed by atoms with E-state index in [1.165, 1.54) is 58.5 Å². The van der Waals surface area contributed by atoms with Crippen LogP contribution in [0.4, 0.5) is 0 Å². The first-order valence-corrected chi connectivity index (χ1v) is 8.38. The second-order valence-electron chi connectivity index (χ2n) is 6.62. The molecule has 19 heavy (non-hydrogen) atoms. The summed E-state index contributed by atoms with van der Waals surface area (Å²) >= 11 is 0. The van der Waals surface area contributed by atoms with E-state index in [0.717, 1.165) is 18.6 Å². The molecule has 0 aromatic heterocycles. The molecule has 4 nitrogen and oxygen atoms in total. The van der Waals surface area contributed by atoms with Gasteiger partial charge in [-0.05, 0) is 13.3 Å². The van der Waals surface area contributed by atoms with Crippen molar-refractivity contribution in [1.29, 1.82) is 0 Å². The molecule has 0 aromatic rings. The highest BCUT2D eigenvalue weighted by Crippen LogP contribution is 1.97. The van der Waals surface area contributed by atoms with Crippen molar-refractivity contribution in [3.05, 3.63) is 0 Å². The van der Waals surface area contributed by atoms with E-state index in [9.17, 15) is 0 Å². The van der Waals surface area contributed by atoms with Crippen LogP contribution >= 0.6 is 0 Å². The number of nitrogens with one attached hydrogen (secondary N) is 3. The summed E-state index contributed by atoms with van der Waals surface area (Å²) in [6.45, 7) is 13.9. The van der Waals surface area contributed by atoms with Crippen LogP contribution in [0.15, 0.2) is 0 Å². The van der Waals surface area contributed by atoms with Crippen LogP contribution in [-0.2, 0) is 0 Å². The van der Waals surface area contributed by atoms with E-state index in [-0.39, 0.29) is 0 Å². The van der Waals surface area contributed by atoms with Gasteiger partial charge in [0.1, 0.15) is 32.7 Å². The van der Waals surface area contributed by atoms with Gasteiger partial charge in [-0.3, -0.25) is 0 Å². The van der Waals surface area contributed by atoms with Crippen LogP contribution < -0.4 is 14.7 Å². The molecule has 4 N–H and O–H groups in total. The van der Waals surface area contributed by atoms with Gasteiger partial charge in [-0.15, -0.1) is 0 Å². The first-order chi connectivity index (χ1) is 9.24. The molecule has 0 radical (unpaired) electrons. The largest absolute Gasteiger partial charge is 0.391 e. The number of piperidine rings is 1. The normalized spacial score (nSPS) is 38.1. The maximum Gasteiger partial charge on any atom is 0.127 e. The van der Waals surface area contributed by atoms with Gasteiger partial charge in [0.05, 0.1) is 31.8 Å². The molecule has 0 saturated carbocycles. The average Bonchev–Trinajstić information content (AvgIpc) is 2.48. The molecule has 1 atom stereocenters. The molecule has 2 rings (SSSR count). The Morgan fingerprint density at radius 2 is 1.68 bits per heavy atom. The van der Waals surface area contributed by atoms with Crippen molar-refractivity contribution in [2.45, 2.75) is 45.2 Å². The summed E-state index contributed by atoms with van der Waals surface area (Å²) in [4.78, 5) is 5.29. The molecule has 0 spiro atoms. The fourth-order valence-corrected chi connectivity index (χ4v) is 3.92. The second-order valence-corrected chi connectivity index (χ2v) is 6.62. The summed E-state index contributed by atoms with van der Waals surface area (Å²) in [5, 5.41) is 9.01. The highest BCUT2D eigenvalue weighted by atomic mass is 16.3. The van der Waals surface area contributed by atoms with Crippen LogP contribution in [-0.4, -0.2) is 69.6 Å². The minimum absolute atomic E-state index is 0.349. The molecule has 4 heteroatoms. The van der Waals surface area contributed by atoms with Gasteiger partial charge in [0.15, 0.2) is 0 Å². The van der Waals surface area contributed by atoms with Crippen LogP contribution in [0.5, 0.6) is 0 Å². The minimum atomic E-state index is 0.349. The highest BCUT2D eigenvalue weighted by Gasteiger charge is 2.34. The molecule has 2 aliphatic rings. The van der Waals surface area contributed by atoms with Crippen LogP contribution in [0.3, 0.4) is 0 Å². The molecular formula is C15H34N3O+3. The first kappa shape index (κ1) is 15.2. The Hall–Kier alpha value is -0.160. The zero-order chi connectivity index (χ0) is 13.7. The lowest BCUT2D eigenvalue weighted by Gasteiger charge is -2.38. The quantitative estimate of drug-likeness (QED) is 0.414. The number of quaternary nitrogens is 3. The lowest BCUT2D eigenvalue weighted by atomic mass is 10.0. The predicted molar refractivity (Wildman–Crippen MR) is 76.8 cm³/mol. The lowest BCUT2D eigenvalue weighted by Crippen LogP contribution is -3.30. The third kappa shape index (κ3) is 4.15. The molecule has 2 aliphatic heterocycles. The first-order valence-electron chi connectivity index (χ1n) is 8.38. The molecule has 0 aliphatic carbocycles. The Morgan fingerprint density at radius 3 is 2.21 bits per heavy atom. The highest BCUT2D eigenvalue weighted by molar-refractivity contribution is 4.62. The fraction of sp³-hybridized carbons (Fsp3) is 1.00. The van der Waals surface area contributed by atoms with Crippen LogP contribution in [0.25, 0.3) is 0 Å². The number of hydrogen-bond donors (Lipinski definition) is 4. The molecule has 0 unspecified atom stereocenters. The van der Waals surface area contributed by atoms with E-state index in [2.05, 4.69) is 13.8 Å². The molecule has 2 saturated heterocycles. The van der Waals surface area contributed by atoms with E-state index in [1.807, 2.05) is 9.80 Å². The van der Waals surface area contributed by atoms with Gasteiger partial charge in [0.2, 0.25) is 0 Å². The summed E-state index contributed by atoms with van der Waals surface area (Å²) in [7, 11) is 0. The second kappa shape index (κ2) is 7.58. The number of piperazine rings is 1. The maximum absolute atomic E-state index is 9.01. The third-order valence-corrected chi connectivity index (χ3v) is 5.58. The number of hydrogen-bond acceptors (Lipinski definition) is 1. The SMILES string of the molecule is CC[C@H](C)[NH+]1CCC([NH+]2CC[NH+](CCO)CC2)CC1. The zero-order valence-electron chi connectivity index (χ0n) is 12.9. The van der Waals surface area contributed by atoms with Gasteiger partial charge >= 0.3 is 0 Å². The van der Waals surface area contributed by atoms with Gasteiger partial charge in [-0.25, -0.2) is 0 Å². The predicted octanol–water partition coefficient (Wildman–Crippen LogP) is -3.39. The number of aliphatic hydroxyl groups is 1. The van der Waals surface area contributed by atoms with Gasteiger partial charge in [0.25, 0.3) is 0 Å². The van der Waals surface area contributed by atoms with Crippen molar-refractivity contribution >= 4 is 0 Å². The Kier molecular flexibility index (Phi) is 6.07. The van der Waals surface area contributed by atoms with Crippen molar-refractivity contribution in [3.8, 4) is 0 Å². The van der Waals surface area contributed by atoms with Gasteiger partial charge in [0, 0.05) is 12.8 Å². The molecule has 2 heterocycles. The zero-order valence-corrected chi connectivity index (χ0v) is 12.9. The Balaban J connectivity index is 1.71. The molecule has 112 valence electrons. The van der Waals surface area contributed by atoms with E-state index in [1.54, 1.807) is 4.90 Å². The summed E-state index contributed by atoms with van der Waals surface area (Å²) in [5.41, 5.74) is 0. The molecule has 0 amide bonds. The molecule has 0 aromatic carbocycles. The third-order valence-electron chi connectivity index (χ3n) is 5.58. The molecular weight excluding hydrogens is 238 g/mol. The van der Waals surface area contributed by atoms with Crippen molar-refractivity contribution in [3.63, 3.8) is 0 Å². The van der Waals surface area contributed by atoms with Crippen molar-refractivity contribution < 1.29 is 19.8 Å². The summed E-state index contributed by atoms with van der Waals surface area (Å²) in [6.07, 6.45) is 4.16. The topological polar surface area (TPSA) is 33.5 Å². The Bertz CT molecular complexity index is 246. The maximum atomic E-state index is 9.01. The Morgan fingerprint density at radius 1 is 1.05 bits per heavy atom. The lowest BCUT2D eigenvalue weighted by molar-refractivity contribution is -1.03. The number of likely N-dealkylation sites (tertiary alicyclic amines) is 1. The van der Waals surface area contributed by atoms with Gasteiger partial charge in [-0.1, -0.05) is 6.92 Å². The van der Waals surface area contributed by atoms with Crippen molar-refractivity contribution in [1.82, 2.24) is 0 Å². The van der Waals surface area contributed by atoms with E-state index in [4.69, 9.17) is 5.11 Å². The fourth-order valence-electron chi connectivity index (χ4n) is 3.92. The minimum Gasteiger partial charge on any atom is -0.391 e. The summed E-state index contributed by atoms with van der Waals surface area (Å²) in [5.74, 6) is 0. The van der Waals surface area contributed by atoms with E-state index < -0.39 is 0 Å². The summed E-state index contributed by atoms with van der Waals surface area (Å²) in [6, 6.07) is 1.77.